The minimum Gasteiger partial charge on any atom is -0.324 e. The molecule has 0 bridgehead atoms. The fourth-order valence-corrected chi connectivity index (χ4v) is 1.98. The zero-order valence-corrected chi connectivity index (χ0v) is 13.0. The minimum atomic E-state index is -0.598. The van der Waals surface area contributed by atoms with Crippen LogP contribution < -0.4 is 10.9 Å². The van der Waals surface area contributed by atoms with E-state index in [2.05, 4.69) is 10.4 Å². The Balaban J connectivity index is 2.14. The Morgan fingerprint density at radius 1 is 1.29 bits per heavy atom. The van der Waals surface area contributed by atoms with Gasteiger partial charge < -0.3 is 5.32 Å². The molecule has 0 aliphatic carbocycles. The largest absolute Gasteiger partial charge is 0.324 e. The lowest BCUT2D eigenvalue weighted by Gasteiger charge is -2.09. The van der Waals surface area contributed by atoms with Gasteiger partial charge >= 0.3 is 0 Å². The molecule has 0 aliphatic rings. The van der Waals surface area contributed by atoms with E-state index in [4.69, 9.17) is 23.2 Å². The van der Waals surface area contributed by atoms with E-state index in [1.165, 1.54) is 6.20 Å². The number of aromatic nitrogens is 2. The molecule has 1 aromatic carbocycles. The molecule has 1 N–H and O–H groups in total. The molecule has 7 heteroatoms. The Kier molecular flexibility index (Phi) is 4.65. The molecule has 0 aliphatic heterocycles. The van der Waals surface area contributed by atoms with Gasteiger partial charge in [-0.15, -0.1) is 0 Å². The Bertz CT molecular complexity index is 756. The molecule has 110 valence electrons. The highest BCUT2D eigenvalue weighted by Crippen LogP contribution is 2.15. The molecule has 0 radical (unpaired) electrons. The summed E-state index contributed by atoms with van der Waals surface area (Å²) in [6.07, 6.45) is 1.23. The molecule has 21 heavy (non-hydrogen) atoms. The van der Waals surface area contributed by atoms with Gasteiger partial charge in [0.15, 0.2) is 0 Å². The first kappa shape index (κ1) is 15.5. The highest BCUT2D eigenvalue weighted by molar-refractivity contribution is 6.41. The molecule has 2 aromatic rings. The van der Waals surface area contributed by atoms with Crippen LogP contribution in [0.3, 0.4) is 0 Å². The third kappa shape index (κ3) is 3.62. The number of carbonyl (C=O) groups excluding carboxylic acids is 1. The molecule has 0 spiro atoms. The number of hydrogen-bond donors (Lipinski definition) is 1. The summed E-state index contributed by atoms with van der Waals surface area (Å²) in [6.45, 7) is 3.71. The van der Waals surface area contributed by atoms with Gasteiger partial charge in [-0.05, 0) is 37.1 Å². The quantitative estimate of drug-likeness (QED) is 0.943. The molecular weight excluding hydrogens is 313 g/mol. The van der Waals surface area contributed by atoms with Crippen molar-refractivity contribution in [3.63, 3.8) is 0 Å². The molecule has 2 rings (SSSR count). The first-order valence-corrected chi connectivity index (χ1v) is 6.92. The van der Waals surface area contributed by atoms with Crippen molar-refractivity contribution in [3.05, 3.63) is 55.9 Å². The van der Waals surface area contributed by atoms with Crippen molar-refractivity contribution >= 4 is 34.8 Å². The summed E-state index contributed by atoms with van der Waals surface area (Å²) in [7, 11) is 0. The van der Waals surface area contributed by atoms with Crippen molar-refractivity contribution in [3.8, 4) is 0 Å². The van der Waals surface area contributed by atoms with Crippen LogP contribution in [0.25, 0.3) is 0 Å². The summed E-state index contributed by atoms with van der Waals surface area (Å²) in [5.41, 5.74) is 2.27. The molecule has 0 saturated carbocycles. The van der Waals surface area contributed by atoms with Gasteiger partial charge in [-0.2, -0.15) is 5.10 Å². The molecule has 0 saturated heterocycles. The third-order valence-electron chi connectivity index (χ3n) is 3.03. The smallest absolute Gasteiger partial charge is 0.287 e. The molecule has 0 fully saturated rings. The number of amides is 1. The highest BCUT2D eigenvalue weighted by atomic mass is 35.5. The summed E-state index contributed by atoms with van der Waals surface area (Å²) in [4.78, 5) is 23.7. The van der Waals surface area contributed by atoms with Crippen molar-refractivity contribution in [1.29, 1.82) is 0 Å². The monoisotopic (exact) mass is 325 g/mol. The van der Waals surface area contributed by atoms with E-state index in [1.54, 1.807) is 6.07 Å². The normalized spacial score (nSPS) is 10.5. The fraction of sp³-hybridized carbons (Fsp3) is 0.214. The zero-order valence-electron chi connectivity index (χ0n) is 11.5. The zero-order chi connectivity index (χ0) is 15.6. The van der Waals surface area contributed by atoms with Crippen LogP contribution in [0.1, 0.15) is 11.1 Å². The fourth-order valence-electron chi connectivity index (χ4n) is 1.71. The van der Waals surface area contributed by atoms with Crippen molar-refractivity contribution in [2.75, 3.05) is 5.32 Å². The number of hydrogen-bond acceptors (Lipinski definition) is 3. The highest BCUT2D eigenvalue weighted by Gasteiger charge is 2.11. The maximum atomic E-state index is 11.9. The molecule has 1 amide bonds. The summed E-state index contributed by atoms with van der Waals surface area (Å²) < 4.78 is 0.963. The van der Waals surface area contributed by atoms with Crippen LogP contribution in [-0.4, -0.2) is 15.7 Å². The molecule has 1 aromatic heterocycles. The van der Waals surface area contributed by atoms with Crippen molar-refractivity contribution in [1.82, 2.24) is 9.78 Å². The van der Waals surface area contributed by atoms with Crippen LogP contribution in [-0.2, 0) is 11.3 Å². The number of anilines is 1. The molecule has 5 nitrogen and oxygen atoms in total. The number of aryl methyl sites for hydroxylation is 2. The maximum absolute atomic E-state index is 11.9. The molecule has 0 unspecified atom stereocenters. The number of benzene rings is 1. The number of nitrogens with one attached hydrogen (secondary N) is 1. The first-order valence-electron chi connectivity index (χ1n) is 6.16. The summed E-state index contributed by atoms with van der Waals surface area (Å²) >= 11 is 11.4. The Morgan fingerprint density at radius 2 is 2.00 bits per heavy atom. The molecular formula is C14H13Cl2N3O2. The Labute approximate surface area is 131 Å². The van der Waals surface area contributed by atoms with Gasteiger partial charge in [0.1, 0.15) is 11.6 Å². The van der Waals surface area contributed by atoms with E-state index in [-0.39, 0.29) is 22.5 Å². The number of nitrogens with zero attached hydrogens (tertiary/aromatic N) is 2. The average Bonchev–Trinajstić information content (AvgIpc) is 2.44. The number of carbonyl (C=O) groups is 1. The van der Waals surface area contributed by atoms with Crippen LogP contribution in [0.15, 0.2) is 29.2 Å². The predicted octanol–water partition coefficient (Wildman–Crippen LogP) is 2.81. The van der Waals surface area contributed by atoms with E-state index in [1.807, 2.05) is 26.0 Å². The Hall–Kier alpha value is -1.85. The van der Waals surface area contributed by atoms with Crippen molar-refractivity contribution in [2.45, 2.75) is 20.4 Å². The summed E-state index contributed by atoms with van der Waals surface area (Å²) in [5, 5.41) is 6.40. The van der Waals surface area contributed by atoms with Gasteiger partial charge in [-0.25, -0.2) is 4.68 Å². The third-order valence-corrected chi connectivity index (χ3v) is 3.77. The lowest BCUT2D eigenvalue weighted by molar-refractivity contribution is -0.117. The lowest BCUT2D eigenvalue weighted by atomic mass is 10.1. The second-order valence-electron chi connectivity index (χ2n) is 4.62. The van der Waals surface area contributed by atoms with Crippen molar-refractivity contribution in [2.24, 2.45) is 0 Å². The van der Waals surface area contributed by atoms with E-state index < -0.39 is 5.56 Å². The van der Waals surface area contributed by atoms with Gasteiger partial charge in [-0.3, -0.25) is 9.59 Å². The number of rotatable bonds is 3. The minimum absolute atomic E-state index is 0.0625. The summed E-state index contributed by atoms with van der Waals surface area (Å²) in [6, 6.07) is 5.57. The van der Waals surface area contributed by atoms with Crippen LogP contribution in [0.2, 0.25) is 10.0 Å². The van der Waals surface area contributed by atoms with E-state index in [9.17, 15) is 9.59 Å². The van der Waals surface area contributed by atoms with Gasteiger partial charge in [0.25, 0.3) is 5.56 Å². The second kappa shape index (κ2) is 6.28. The summed E-state index contributed by atoms with van der Waals surface area (Å²) in [5.74, 6) is -0.369. The standard InChI is InChI=1S/C14H13Cl2N3O2/c1-8-3-4-10(5-9(8)2)18-12(20)7-19-14(21)13(16)11(15)6-17-19/h3-6H,7H2,1-2H3,(H,18,20). The second-order valence-corrected chi connectivity index (χ2v) is 5.40. The average molecular weight is 326 g/mol. The van der Waals surface area contributed by atoms with E-state index in [0.717, 1.165) is 15.8 Å². The molecule has 0 atom stereocenters. The van der Waals surface area contributed by atoms with Gasteiger partial charge in [0.05, 0.1) is 11.2 Å². The van der Waals surface area contributed by atoms with Crippen molar-refractivity contribution < 1.29 is 4.79 Å². The maximum Gasteiger partial charge on any atom is 0.287 e. The van der Waals surface area contributed by atoms with Gasteiger partial charge in [-0.1, -0.05) is 29.3 Å². The van der Waals surface area contributed by atoms with E-state index >= 15 is 0 Å². The van der Waals surface area contributed by atoms with Crippen LogP contribution in [0.4, 0.5) is 5.69 Å². The van der Waals surface area contributed by atoms with Crippen LogP contribution in [0.5, 0.6) is 0 Å². The van der Waals surface area contributed by atoms with Gasteiger partial charge in [0, 0.05) is 5.69 Å². The molecule has 1 heterocycles. The Morgan fingerprint density at radius 3 is 2.67 bits per heavy atom. The lowest BCUT2D eigenvalue weighted by Crippen LogP contribution is -2.29. The van der Waals surface area contributed by atoms with E-state index in [0.29, 0.717) is 5.69 Å². The topological polar surface area (TPSA) is 64.0 Å². The van der Waals surface area contributed by atoms with Gasteiger partial charge in [0.2, 0.25) is 5.91 Å². The first-order chi connectivity index (χ1) is 9.88. The van der Waals surface area contributed by atoms with Crippen LogP contribution in [0, 0.1) is 13.8 Å². The predicted molar refractivity (Wildman–Crippen MR) is 83.1 cm³/mol. The van der Waals surface area contributed by atoms with Crippen LogP contribution >= 0.6 is 23.2 Å². The SMILES string of the molecule is Cc1ccc(NC(=O)Cn2ncc(Cl)c(Cl)c2=O)cc1C. The number of halogens is 2.